The van der Waals surface area contributed by atoms with Gasteiger partial charge in [-0.3, -0.25) is 14.6 Å². The minimum absolute atomic E-state index is 0.118. The van der Waals surface area contributed by atoms with Crippen LogP contribution < -0.4 is 5.32 Å². The van der Waals surface area contributed by atoms with Gasteiger partial charge in [-0.25, -0.2) is 0 Å². The molecule has 26 heavy (non-hydrogen) atoms. The molecule has 3 rings (SSSR count). The Morgan fingerprint density at radius 3 is 2.69 bits per heavy atom. The Balaban J connectivity index is 1.55. The molecule has 0 saturated carbocycles. The number of benzene rings is 1. The van der Waals surface area contributed by atoms with Gasteiger partial charge in [-0.05, 0) is 36.6 Å². The zero-order chi connectivity index (χ0) is 18.5. The second-order valence-corrected chi connectivity index (χ2v) is 6.60. The smallest absolute Gasteiger partial charge is 0.272 e. The van der Waals surface area contributed by atoms with Gasteiger partial charge in [-0.15, -0.1) is 0 Å². The maximum atomic E-state index is 12.4. The lowest BCUT2D eigenvalue weighted by Gasteiger charge is -2.36. The Morgan fingerprint density at radius 2 is 2.00 bits per heavy atom. The van der Waals surface area contributed by atoms with E-state index < -0.39 is 6.10 Å². The number of aromatic nitrogens is 1. The van der Waals surface area contributed by atoms with Crippen LogP contribution in [0, 0.1) is 6.92 Å². The molecule has 136 valence electrons. The first-order valence-electron chi connectivity index (χ1n) is 8.77. The highest BCUT2D eigenvalue weighted by Gasteiger charge is 2.31. The quantitative estimate of drug-likeness (QED) is 0.869. The Hall–Kier alpha value is -2.73. The number of nitrogens with zero attached hydrogens (tertiary/aromatic N) is 2. The van der Waals surface area contributed by atoms with E-state index in [0.29, 0.717) is 18.7 Å². The topological polar surface area (TPSA) is 82.5 Å². The Kier molecular flexibility index (Phi) is 5.63. The fourth-order valence-electron chi connectivity index (χ4n) is 3.17. The number of carbonyl (C=O) groups is 2. The van der Waals surface area contributed by atoms with Gasteiger partial charge in [0.1, 0.15) is 5.69 Å². The molecular formula is C20H23N3O3. The normalized spacial score (nSPS) is 19.8. The summed E-state index contributed by atoms with van der Waals surface area (Å²) in [5.74, 6) is -0.317. The number of β-amino-alcohol motifs (C(OH)–C–C–N with tert-alkyl or cyclic N) is 1. The monoisotopic (exact) mass is 353 g/mol. The van der Waals surface area contributed by atoms with Crippen molar-refractivity contribution in [3.63, 3.8) is 0 Å². The molecule has 0 aliphatic carbocycles. The highest BCUT2D eigenvalue weighted by atomic mass is 16.3. The van der Waals surface area contributed by atoms with Crippen LogP contribution in [0.5, 0.6) is 0 Å². The number of aliphatic hydroxyl groups excluding tert-OH is 1. The average Bonchev–Trinajstić information content (AvgIpc) is 2.65. The first-order valence-corrected chi connectivity index (χ1v) is 8.77. The van der Waals surface area contributed by atoms with E-state index in [4.69, 9.17) is 0 Å². The molecule has 1 aliphatic heterocycles. The van der Waals surface area contributed by atoms with E-state index >= 15 is 0 Å². The zero-order valence-corrected chi connectivity index (χ0v) is 14.8. The second kappa shape index (κ2) is 8.10. The molecule has 1 fully saturated rings. The number of nitrogens with one attached hydrogen (secondary N) is 1. The van der Waals surface area contributed by atoms with Crippen LogP contribution >= 0.6 is 0 Å². The highest BCUT2D eigenvalue weighted by Crippen LogP contribution is 2.15. The number of pyridine rings is 1. The van der Waals surface area contributed by atoms with Crippen LogP contribution in [0.2, 0.25) is 0 Å². The van der Waals surface area contributed by atoms with Gasteiger partial charge in [0.05, 0.1) is 18.6 Å². The molecule has 0 spiro atoms. The molecule has 0 radical (unpaired) electrons. The van der Waals surface area contributed by atoms with Gasteiger partial charge in [0.2, 0.25) is 5.91 Å². The number of amides is 2. The Bertz CT molecular complexity index is 779. The largest absolute Gasteiger partial charge is 0.389 e. The average molecular weight is 353 g/mol. The van der Waals surface area contributed by atoms with Crippen LogP contribution in [0.25, 0.3) is 0 Å². The number of likely N-dealkylation sites (tertiary alicyclic amines) is 1. The summed E-state index contributed by atoms with van der Waals surface area (Å²) < 4.78 is 0. The molecule has 0 bridgehead atoms. The lowest BCUT2D eigenvalue weighted by molar-refractivity contribution is -0.122. The van der Waals surface area contributed by atoms with Crippen molar-refractivity contribution in [2.75, 3.05) is 13.1 Å². The third-order valence-corrected chi connectivity index (χ3v) is 4.71. The van der Waals surface area contributed by atoms with E-state index in [1.807, 2.05) is 31.2 Å². The van der Waals surface area contributed by atoms with Crippen LogP contribution in [-0.2, 0) is 11.2 Å². The molecule has 2 heterocycles. The summed E-state index contributed by atoms with van der Waals surface area (Å²) in [6, 6.07) is 12.6. The van der Waals surface area contributed by atoms with Gasteiger partial charge in [0.15, 0.2) is 0 Å². The van der Waals surface area contributed by atoms with Crippen LogP contribution in [0.3, 0.4) is 0 Å². The van der Waals surface area contributed by atoms with Crippen LogP contribution in [0.1, 0.15) is 28.0 Å². The molecule has 2 aromatic rings. The molecule has 1 saturated heterocycles. The third kappa shape index (κ3) is 4.26. The van der Waals surface area contributed by atoms with E-state index in [9.17, 15) is 14.7 Å². The zero-order valence-electron chi connectivity index (χ0n) is 14.8. The number of aryl methyl sites for hydroxylation is 1. The third-order valence-electron chi connectivity index (χ3n) is 4.71. The Labute approximate surface area is 152 Å². The number of aliphatic hydroxyl groups is 1. The van der Waals surface area contributed by atoms with Gasteiger partial charge in [0, 0.05) is 19.3 Å². The highest BCUT2D eigenvalue weighted by molar-refractivity contribution is 5.92. The van der Waals surface area contributed by atoms with E-state index in [1.54, 1.807) is 29.3 Å². The number of carbonyl (C=O) groups excluding carboxylic acids is 2. The summed E-state index contributed by atoms with van der Waals surface area (Å²) in [5, 5.41) is 13.3. The van der Waals surface area contributed by atoms with Gasteiger partial charge >= 0.3 is 0 Å². The first kappa shape index (κ1) is 18.1. The van der Waals surface area contributed by atoms with Gasteiger partial charge in [-0.2, -0.15) is 0 Å². The Morgan fingerprint density at radius 1 is 1.23 bits per heavy atom. The number of hydrogen-bond acceptors (Lipinski definition) is 4. The van der Waals surface area contributed by atoms with Crippen molar-refractivity contribution >= 4 is 11.8 Å². The van der Waals surface area contributed by atoms with Crippen LogP contribution in [0.4, 0.5) is 0 Å². The molecule has 2 amide bonds. The number of piperidine rings is 1. The van der Waals surface area contributed by atoms with Crippen molar-refractivity contribution in [2.45, 2.75) is 31.9 Å². The fraction of sp³-hybridized carbons (Fsp3) is 0.350. The summed E-state index contributed by atoms with van der Waals surface area (Å²) in [6.45, 7) is 2.63. The summed E-state index contributed by atoms with van der Waals surface area (Å²) in [6.07, 6.45) is 1.57. The number of rotatable bonds is 4. The molecule has 0 unspecified atom stereocenters. The second-order valence-electron chi connectivity index (χ2n) is 6.60. The molecule has 6 heteroatoms. The van der Waals surface area contributed by atoms with E-state index in [0.717, 1.165) is 11.1 Å². The standard InChI is InChI=1S/C20H23N3O3/c1-14-6-2-3-7-15(14)12-19(25)22-16-9-11-23(13-18(16)24)20(26)17-8-4-5-10-21-17/h2-8,10,16,18,24H,9,11-13H2,1H3,(H,22,25)/t16-,18-/m1/s1. The SMILES string of the molecule is Cc1ccccc1CC(=O)N[C@@H]1CCN(C(=O)c2ccccn2)C[C@H]1O. The summed E-state index contributed by atoms with van der Waals surface area (Å²) in [5.41, 5.74) is 2.41. The molecule has 1 aromatic carbocycles. The fourth-order valence-corrected chi connectivity index (χ4v) is 3.17. The molecule has 6 nitrogen and oxygen atoms in total. The predicted octanol–water partition coefficient (Wildman–Crippen LogP) is 1.32. The van der Waals surface area contributed by atoms with Crippen molar-refractivity contribution in [3.05, 3.63) is 65.5 Å². The van der Waals surface area contributed by atoms with Gasteiger partial charge in [0.25, 0.3) is 5.91 Å². The maximum absolute atomic E-state index is 12.4. The van der Waals surface area contributed by atoms with Crippen LogP contribution in [0.15, 0.2) is 48.7 Å². The predicted molar refractivity (Wildman–Crippen MR) is 97.6 cm³/mol. The summed E-state index contributed by atoms with van der Waals surface area (Å²) in [7, 11) is 0. The van der Waals surface area contributed by atoms with Crippen molar-refractivity contribution in [2.24, 2.45) is 0 Å². The summed E-state index contributed by atoms with van der Waals surface area (Å²) >= 11 is 0. The van der Waals surface area contributed by atoms with E-state index in [-0.39, 0.29) is 30.8 Å². The lowest BCUT2D eigenvalue weighted by atomic mass is 10.00. The van der Waals surface area contributed by atoms with Crippen molar-refractivity contribution < 1.29 is 14.7 Å². The van der Waals surface area contributed by atoms with Gasteiger partial charge < -0.3 is 15.3 Å². The van der Waals surface area contributed by atoms with Gasteiger partial charge in [-0.1, -0.05) is 30.3 Å². The van der Waals surface area contributed by atoms with Crippen LogP contribution in [-0.4, -0.2) is 52.0 Å². The van der Waals surface area contributed by atoms with Crippen molar-refractivity contribution in [1.82, 2.24) is 15.2 Å². The minimum atomic E-state index is -0.794. The first-order chi connectivity index (χ1) is 12.5. The van der Waals surface area contributed by atoms with E-state index in [2.05, 4.69) is 10.3 Å². The number of hydrogen-bond donors (Lipinski definition) is 2. The molecular weight excluding hydrogens is 330 g/mol. The van der Waals surface area contributed by atoms with Crippen molar-refractivity contribution in [1.29, 1.82) is 0 Å². The summed E-state index contributed by atoms with van der Waals surface area (Å²) in [4.78, 5) is 30.4. The molecule has 2 N–H and O–H groups in total. The lowest BCUT2D eigenvalue weighted by Crippen LogP contribution is -2.55. The molecule has 1 aliphatic rings. The molecule has 1 aromatic heterocycles. The van der Waals surface area contributed by atoms with E-state index in [1.165, 1.54) is 0 Å². The minimum Gasteiger partial charge on any atom is -0.389 e. The maximum Gasteiger partial charge on any atom is 0.272 e. The van der Waals surface area contributed by atoms with Crippen molar-refractivity contribution in [3.8, 4) is 0 Å². The molecule has 2 atom stereocenters.